The van der Waals surface area contributed by atoms with Crippen molar-refractivity contribution in [3.63, 3.8) is 0 Å². The summed E-state index contributed by atoms with van der Waals surface area (Å²) >= 11 is 0. The SMILES string of the molecule is Cc1cccc2c[n+](-c3ccccc3)c(=O)oc12. The molecule has 1 aromatic heterocycles. The Morgan fingerprint density at radius 2 is 1.78 bits per heavy atom. The maximum Gasteiger partial charge on any atom is 0.608 e. The van der Waals surface area contributed by atoms with Crippen LogP contribution in [-0.2, 0) is 0 Å². The van der Waals surface area contributed by atoms with Crippen LogP contribution in [0.3, 0.4) is 0 Å². The van der Waals surface area contributed by atoms with Gasteiger partial charge in [0.15, 0.2) is 11.8 Å². The van der Waals surface area contributed by atoms with Gasteiger partial charge in [-0.05, 0) is 18.6 Å². The van der Waals surface area contributed by atoms with Crippen molar-refractivity contribution >= 4 is 11.0 Å². The number of fused-ring (bicyclic) bond motifs is 1. The number of para-hydroxylation sites is 2. The number of hydrogen-bond donors (Lipinski definition) is 0. The molecule has 3 rings (SSSR count). The first-order valence-corrected chi connectivity index (χ1v) is 5.76. The lowest BCUT2D eigenvalue weighted by Gasteiger charge is -1.98. The molecule has 0 radical (unpaired) electrons. The van der Waals surface area contributed by atoms with Crippen LogP contribution < -0.4 is 10.3 Å². The van der Waals surface area contributed by atoms with E-state index in [1.165, 1.54) is 4.57 Å². The zero-order valence-electron chi connectivity index (χ0n) is 9.96. The molecule has 3 heteroatoms. The number of benzene rings is 2. The molecular weight excluding hydrogens is 226 g/mol. The zero-order chi connectivity index (χ0) is 12.5. The molecule has 0 aliphatic heterocycles. The molecule has 18 heavy (non-hydrogen) atoms. The molecule has 2 aromatic carbocycles. The summed E-state index contributed by atoms with van der Waals surface area (Å²) in [6.45, 7) is 1.93. The molecule has 0 spiro atoms. The summed E-state index contributed by atoms with van der Waals surface area (Å²) < 4.78 is 6.90. The quantitative estimate of drug-likeness (QED) is 0.610. The van der Waals surface area contributed by atoms with E-state index in [0.29, 0.717) is 5.58 Å². The topological polar surface area (TPSA) is 34.1 Å². The normalized spacial score (nSPS) is 10.7. The van der Waals surface area contributed by atoms with E-state index in [9.17, 15) is 4.79 Å². The van der Waals surface area contributed by atoms with Gasteiger partial charge < -0.3 is 4.42 Å². The smallest absolute Gasteiger partial charge is 0.371 e. The second-order valence-corrected chi connectivity index (χ2v) is 4.20. The van der Waals surface area contributed by atoms with E-state index < -0.39 is 0 Å². The standard InChI is InChI=1S/C15H12NO2/c1-11-6-5-7-12-10-16(15(17)18-14(11)12)13-8-3-2-4-9-13/h2-10H,1H3/q+1. The molecule has 0 saturated heterocycles. The van der Waals surface area contributed by atoms with Gasteiger partial charge in [-0.2, -0.15) is 4.79 Å². The molecule has 0 atom stereocenters. The van der Waals surface area contributed by atoms with Crippen LogP contribution in [0.15, 0.2) is 63.9 Å². The van der Waals surface area contributed by atoms with Crippen LogP contribution in [0.1, 0.15) is 5.56 Å². The Hall–Kier alpha value is -2.42. The van der Waals surface area contributed by atoms with Gasteiger partial charge in [0.25, 0.3) is 0 Å². The summed E-state index contributed by atoms with van der Waals surface area (Å²) in [5, 5.41) is 0.915. The monoisotopic (exact) mass is 238 g/mol. The lowest BCUT2D eigenvalue weighted by molar-refractivity contribution is -0.623. The molecule has 0 fully saturated rings. The van der Waals surface area contributed by atoms with Gasteiger partial charge in [-0.3, -0.25) is 0 Å². The Kier molecular flexibility index (Phi) is 2.45. The Morgan fingerprint density at radius 1 is 1.00 bits per heavy atom. The summed E-state index contributed by atoms with van der Waals surface area (Å²) in [6.07, 6.45) is 1.81. The zero-order valence-corrected chi connectivity index (χ0v) is 9.96. The molecule has 3 aromatic rings. The van der Waals surface area contributed by atoms with E-state index in [4.69, 9.17) is 4.42 Å². The first kappa shape index (κ1) is 10.7. The van der Waals surface area contributed by atoms with Crippen molar-refractivity contribution in [2.24, 2.45) is 0 Å². The highest BCUT2D eigenvalue weighted by atomic mass is 16.4. The number of aryl methyl sites for hydroxylation is 1. The molecule has 1 heterocycles. The Bertz CT molecular complexity index is 760. The maximum atomic E-state index is 12.0. The number of hydrogen-bond acceptors (Lipinski definition) is 2. The molecule has 0 aliphatic rings. The van der Waals surface area contributed by atoms with Crippen LogP contribution in [-0.4, -0.2) is 0 Å². The van der Waals surface area contributed by atoms with Crippen LogP contribution in [0.4, 0.5) is 0 Å². The molecular formula is C15H12NO2+. The van der Waals surface area contributed by atoms with E-state index in [0.717, 1.165) is 16.6 Å². The highest BCUT2D eigenvalue weighted by molar-refractivity contribution is 5.77. The summed E-state index contributed by atoms with van der Waals surface area (Å²) in [5.74, 6) is -0.372. The summed E-state index contributed by atoms with van der Waals surface area (Å²) in [7, 11) is 0. The minimum Gasteiger partial charge on any atom is -0.371 e. The number of aromatic nitrogens is 1. The lowest BCUT2D eigenvalue weighted by Crippen LogP contribution is -2.46. The maximum absolute atomic E-state index is 12.0. The van der Waals surface area contributed by atoms with E-state index in [1.54, 1.807) is 0 Å². The minimum atomic E-state index is -0.372. The second kappa shape index (κ2) is 4.11. The van der Waals surface area contributed by atoms with E-state index in [1.807, 2.05) is 61.7 Å². The van der Waals surface area contributed by atoms with Crippen molar-refractivity contribution in [3.8, 4) is 5.69 Å². The van der Waals surface area contributed by atoms with Gasteiger partial charge in [0.05, 0.1) is 5.39 Å². The van der Waals surface area contributed by atoms with Crippen LogP contribution in [0.5, 0.6) is 0 Å². The first-order chi connectivity index (χ1) is 8.75. The van der Waals surface area contributed by atoms with E-state index >= 15 is 0 Å². The van der Waals surface area contributed by atoms with Crippen molar-refractivity contribution in [1.82, 2.24) is 0 Å². The molecule has 3 nitrogen and oxygen atoms in total. The van der Waals surface area contributed by atoms with Crippen LogP contribution in [0.25, 0.3) is 16.7 Å². The predicted molar refractivity (Wildman–Crippen MR) is 68.8 cm³/mol. The predicted octanol–water partition coefficient (Wildman–Crippen LogP) is 2.38. The average Bonchev–Trinajstić information content (AvgIpc) is 2.40. The molecule has 0 amide bonds. The lowest BCUT2D eigenvalue weighted by atomic mass is 10.2. The summed E-state index contributed by atoms with van der Waals surface area (Å²) in [6, 6.07) is 15.3. The van der Waals surface area contributed by atoms with Crippen molar-refractivity contribution in [3.05, 3.63) is 70.8 Å². The highest BCUT2D eigenvalue weighted by Gasteiger charge is 2.15. The summed E-state index contributed by atoms with van der Waals surface area (Å²) in [4.78, 5) is 12.0. The second-order valence-electron chi connectivity index (χ2n) is 4.20. The van der Waals surface area contributed by atoms with Gasteiger partial charge in [0.2, 0.25) is 5.69 Å². The van der Waals surface area contributed by atoms with Gasteiger partial charge in [-0.1, -0.05) is 34.9 Å². The fraction of sp³-hybridized carbons (Fsp3) is 0.0667. The van der Waals surface area contributed by atoms with Crippen molar-refractivity contribution < 1.29 is 8.98 Å². The van der Waals surface area contributed by atoms with Gasteiger partial charge >= 0.3 is 5.76 Å². The molecule has 0 aliphatic carbocycles. The van der Waals surface area contributed by atoms with E-state index in [-0.39, 0.29) is 5.76 Å². The third kappa shape index (κ3) is 1.70. The number of rotatable bonds is 1. The Labute approximate surface area is 104 Å². The van der Waals surface area contributed by atoms with Crippen molar-refractivity contribution in [1.29, 1.82) is 0 Å². The van der Waals surface area contributed by atoms with Crippen LogP contribution in [0, 0.1) is 6.92 Å². The number of nitrogens with zero attached hydrogens (tertiary/aromatic N) is 1. The molecule has 88 valence electrons. The van der Waals surface area contributed by atoms with Crippen molar-refractivity contribution in [2.45, 2.75) is 6.92 Å². The Balaban J connectivity index is 2.33. The van der Waals surface area contributed by atoms with Crippen LogP contribution in [0.2, 0.25) is 0 Å². The van der Waals surface area contributed by atoms with Gasteiger partial charge in [0.1, 0.15) is 0 Å². The van der Waals surface area contributed by atoms with E-state index in [2.05, 4.69) is 0 Å². The van der Waals surface area contributed by atoms with Crippen LogP contribution >= 0.6 is 0 Å². The summed E-state index contributed by atoms with van der Waals surface area (Å²) in [5.41, 5.74) is 2.41. The largest absolute Gasteiger partial charge is 0.608 e. The van der Waals surface area contributed by atoms with Gasteiger partial charge in [-0.25, -0.2) is 0 Å². The fourth-order valence-electron chi connectivity index (χ4n) is 2.01. The minimum absolute atomic E-state index is 0.372. The molecule has 0 bridgehead atoms. The average molecular weight is 238 g/mol. The van der Waals surface area contributed by atoms with Gasteiger partial charge in [-0.15, -0.1) is 0 Å². The Morgan fingerprint density at radius 3 is 2.56 bits per heavy atom. The van der Waals surface area contributed by atoms with Gasteiger partial charge in [0, 0.05) is 12.1 Å². The third-order valence-corrected chi connectivity index (χ3v) is 2.93. The first-order valence-electron chi connectivity index (χ1n) is 5.76. The van der Waals surface area contributed by atoms with Crippen molar-refractivity contribution in [2.75, 3.05) is 0 Å². The third-order valence-electron chi connectivity index (χ3n) is 2.93. The highest BCUT2D eigenvalue weighted by Crippen LogP contribution is 2.14. The molecule has 0 N–H and O–H groups in total. The molecule has 0 saturated carbocycles. The molecule has 0 unspecified atom stereocenters. The fourth-order valence-corrected chi connectivity index (χ4v) is 2.01.